The van der Waals surface area contributed by atoms with Gasteiger partial charge in [0.15, 0.2) is 0 Å². The number of carbonyl (C=O) groups excluding carboxylic acids is 2. The van der Waals surface area contributed by atoms with E-state index in [4.69, 9.17) is 4.74 Å². The Balaban J connectivity index is 3.22. The molecule has 0 aliphatic heterocycles. The molecule has 0 saturated heterocycles. The summed E-state index contributed by atoms with van der Waals surface area (Å²) in [4.78, 5) is 38.1. The van der Waals surface area contributed by atoms with E-state index in [1.54, 1.807) is 20.8 Å². The number of benzene rings is 1. The number of hydrazine groups is 1. The average Bonchev–Trinajstić information content (AvgIpc) is 2.68. The Hall–Kier alpha value is -2.83. The van der Waals surface area contributed by atoms with E-state index in [1.807, 2.05) is 70.2 Å². The van der Waals surface area contributed by atoms with Gasteiger partial charge in [0.2, 0.25) is 5.91 Å². The Morgan fingerprint density at radius 2 is 1.64 bits per heavy atom. The fourth-order valence-electron chi connectivity index (χ4n) is 3.43. The van der Waals surface area contributed by atoms with Crippen molar-refractivity contribution in [1.82, 2.24) is 10.4 Å². The van der Waals surface area contributed by atoms with Gasteiger partial charge in [0.25, 0.3) is 0 Å². The zero-order valence-corrected chi connectivity index (χ0v) is 21.0. The van der Waals surface area contributed by atoms with Gasteiger partial charge in [-0.1, -0.05) is 70.2 Å². The number of carboxylic acid groups (broad SMARTS) is 1. The van der Waals surface area contributed by atoms with E-state index in [9.17, 15) is 19.5 Å². The van der Waals surface area contributed by atoms with Crippen LogP contribution in [0.15, 0.2) is 36.4 Å². The van der Waals surface area contributed by atoms with Gasteiger partial charge in [0, 0.05) is 6.54 Å². The standard InChI is InChI=1S/C26H40N2O5/c1-18(2)16-22(23(29)27-28(25(31)32)17-19(3)4)21(24(30)33-26(5,6)7)15-11-14-20-12-9-8-10-13-20/h8-14,18-19,21-22H,15-17H2,1-7H3,(H,27,29)(H,31,32)/b14-11+/t21-,22+/m0/s1. The van der Waals surface area contributed by atoms with Crippen LogP contribution in [0, 0.1) is 23.7 Å². The van der Waals surface area contributed by atoms with Crippen molar-refractivity contribution in [3.8, 4) is 0 Å². The number of rotatable bonds is 10. The summed E-state index contributed by atoms with van der Waals surface area (Å²) in [5.41, 5.74) is 2.80. The quantitative estimate of drug-likeness (QED) is 0.361. The van der Waals surface area contributed by atoms with E-state index in [0.717, 1.165) is 10.6 Å². The fourth-order valence-corrected chi connectivity index (χ4v) is 3.43. The van der Waals surface area contributed by atoms with Crippen LogP contribution >= 0.6 is 0 Å². The normalized spacial score (nSPS) is 13.7. The molecule has 1 rings (SSSR count). The van der Waals surface area contributed by atoms with Gasteiger partial charge in [-0.3, -0.25) is 15.0 Å². The molecule has 0 aliphatic carbocycles. The summed E-state index contributed by atoms with van der Waals surface area (Å²) < 4.78 is 5.65. The van der Waals surface area contributed by atoms with Crippen LogP contribution in [0.25, 0.3) is 6.08 Å². The Morgan fingerprint density at radius 3 is 2.12 bits per heavy atom. The maximum atomic E-state index is 13.3. The Morgan fingerprint density at radius 1 is 1.03 bits per heavy atom. The highest BCUT2D eigenvalue weighted by atomic mass is 16.6. The van der Waals surface area contributed by atoms with Crippen molar-refractivity contribution in [3.05, 3.63) is 42.0 Å². The summed E-state index contributed by atoms with van der Waals surface area (Å²) in [6.45, 7) is 13.2. The van der Waals surface area contributed by atoms with Crippen LogP contribution in [0.1, 0.15) is 66.9 Å². The van der Waals surface area contributed by atoms with Gasteiger partial charge >= 0.3 is 12.1 Å². The van der Waals surface area contributed by atoms with E-state index in [2.05, 4.69) is 5.43 Å². The van der Waals surface area contributed by atoms with Gasteiger partial charge < -0.3 is 9.84 Å². The Bertz CT molecular complexity index is 797. The lowest BCUT2D eigenvalue weighted by atomic mass is 9.82. The van der Waals surface area contributed by atoms with Crippen molar-refractivity contribution in [1.29, 1.82) is 0 Å². The molecule has 1 aromatic carbocycles. The zero-order chi connectivity index (χ0) is 25.2. The Labute approximate surface area is 198 Å². The van der Waals surface area contributed by atoms with Gasteiger partial charge in [0.05, 0.1) is 11.8 Å². The number of nitrogens with one attached hydrogen (secondary N) is 1. The number of hydrogen-bond donors (Lipinski definition) is 2. The molecule has 2 N–H and O–H groups in total. The van der Waals surface area contributed by atoms with E-state index >= 15 is 0 Å². The molecule has 0 fully saturated rings. The van der Waals surface area contributed by atoms with Crippen molar-refractivity contribution < 1.29 is 24.2 Å². The maximum absolute atomic E-state index is 13.3. The summed E-state index contributed by atoms with van der Waals surface area (Å²) in [7, 11) is 0. The first kappa shape index (κ1) is 28.2. The van der Waals surface area contributed by atoms with Gasteiger partial charge in [-0.25, -0.2) is 9.80 Å². The van der Waals surface area contributed by atoms with E-state index in [-0.39, 0.29) is 18.4 Å². The van der Waals surface area contributed by atoms with Crippen LogP contribution in [-0.2, 0) is 14.3 Å². The first-order valence-electron chi connectivity index (χ1n) is 11.6. The molecule has 7 nitrogen and oxygen atoms in total. The molecular weight excluding hydrogens is 420 g/mol. The highest BCUT2D eigenvalue weighted by Gasteiger charge is 2.37. The molecule has 2 atom stereocenters. The average molecular weight is 461 g/mol. The number of nitrogens with zero attached hydrogens (tertiary/aromatic N) is 1. The van der Waals surface area contributed by atoms with E-state index in [1.165, 1.54) is 0 Å². The predicted octanol–water partition coefficient (Wildman–Crippen LogP) is 5.38. The third-order valence-electron chi connectivity index (χ3n) is 4.78. The van der Waals surface area contributed by atoms with Gasteiger partial charge in [-0.2, -0.15) is 0 Å². The molecule has 1 aromatic rings. The molecule has 0 aliphatic rings. The molecule has 7 heteroatoms. The third kappa shape index (κ3) is 11.0. The van der Waals surface area contributed by atoms with Crippen LogP contribution in [0.5, 0.6) is 0 Å². The number of esters is 1. The van der Waals surface area contributed by atoms with Gasteiger partial charge in [0.1, 0.15) is 5.60 Å². The second kappa shape index (κ2) is 13.0. The van der Waals surface area contributed by atoms with Crippen molar-refractivity contribution in [2.45, 2.75) is 66.9 Å². The zero-order valence-electron chi connectivity index (χ0n) is 21.0. The lowest BCUT2D eigenvalue weighted by Crippen LogP contribution is -2.51. The first-order valence-corrected chi connectivity index (χ1v) is 11.6. The molecule has 0 radical (unpaired) electrons. The number of allylic oxidation sites excluding steroid dienone is 1. The second-order valence-electron chi connectivity index (χ2n) is 10.2. The van der Waals surface area contributed by atoms with Crippen LogP contribution in [0.2, 0.25) is 0 Å². The first-order chi connectivity index (χ1) is 15.3. The molecule has 33 heavy (non-hydrogen) atoms. The summed E-state index contributed by atoms with van der Waals surface area (Å²) in [6.07, 6.45) is 3.26. The van der Waals surface area contributed by atoms with Crippen molar-refractivity contribution in [2.75, 3.05) is 6.54 Å². The summed E-state index contributed by atoms with van der Waals surface area (Å²) in [6, 6.07) is 9.68. The topological polar surface area (TPSA) is 95.9 Å². The number of ether oxygens (including phenoxy) is 1. The molecule has 0 spiro atoms. The highest BCUT2D eigenvalue weighted by molar-refractivity contribution is 5.86. The minimum absolute atomic E-state index is 0.0282. The van der Waals surface area contributed by atoms with Crippen LogP contribution < -0.4 is 5.43 Å². The van der Waals surface area contributed by atoms with Crippen LogP contribution in [-0.4, -0.2) is 40.2 Å². The van der Waals surface area contributed by atoms with E-state index in [0.29, 0.717) is 12.8 Å². The molecule has 0 saturated carbocycles. The number of hydrogen-bond acceptors (Lipinski definition) is 4. The highest BCUT2D eigenvalue weighted by Crippen LogP contribution is 2.28. The minimum Gasteiger partial charge on any atom is -0.464 e. The number of carbonyl (C=O) groups is 3. The summed E-state index contributed by atoms with van der Waals surface area (Å²) in [5, 5.41) is 10.4. The van der Waals surface area contributed by atoms with Gasteiger partial charge in [-0.15, -0.1) is 0 Å². The lowest BCUT2D eigenvalue weighted by Gasteiger charge is -2.31. The number of amides is 2. The smallest absolute Gasteiger partial charge is 0.426 e. The van der Waals surface area contributed by atoms with Crippen molar-refractivity contribution >= 4 is 24.0 Å². The fraction of sp³-hybridized carbons (Fsp3) is 0.577. The summed E-state index contributed by atoms with van der Waals surface area (Å²) >= 11 is 0. The molecule has 0 bridgehead atoms. The summed E-state index contributed by atoms with van der Waals surface area (Å²) in [5.74, 6) is -2.30. The van der Waals surface area contributed by atoms with Crippen LogP contribution in [0.4, 0.5) is 4.79 Å². The third-order valence-corrected chi connectivity index (χ3v) is 4.78. The molecule has 184 valence electrons. The van der Waals surface area contributed by atoms with Crippen LogP contribution in [0.3, 0.4) is 0 Å². The van der Waals surface area contributed by atoms with E-state index < -0.39 is 35.4 Å². The molecule has 0 unspecified atom stereocenters. The van der Waals surface area contributed by atoms with Crippen molar-refractivity contribution in [3.63, 3.8) is 0 Å². The maximum Gasteiger partial charge on any atom is 0.426 e. The van der Waals surface area contributed by atoms with Gasteiger partial charge in [-0.05, 0) is 51.0 Å². The lowest BCUT2D eigenvalue weighted by molar-refractivity contribution is -0.164. The second-order valence-corrected chi connectivity index (χ2v) is 10.2. The molecule has 0 aromatic heterocycles. The van der Waals surface area contributed by atoms with Crippen molar-refractivity contribution in [2.24, 2.45) is 23.7 Å². The molecular formula is C26H40N2O5. The predicted molar refractivity (Wildman–Crippen MR) is 130 cm³/mol. The largest absolute Gasteiger partial charge is 0.464 e. The minimum atomic E-state index is -1.24. The Kier molecular flexibility index (Phi) is 11.1. The SMILES string of the molecule is CC(C)C[C@@H](C(=O)NN(CC(C)C)C(=O)O)[C@H](C/C=C/c1ccccc1)C(=O)OC(C)(C)C. The monoisotopic (exact) mass is 460 g/mol. The molecule has 0 heterocycles. The molecule has 2 amide bonds.